The lowest BCUT2D eigenvalue weighted by molar-refractivity contribution is 0.0641. The maximum Gasteiger partial charge on any atom is 0.416 e. The van der Waals surface area contributed by atoms with E-state index in [9.17, 15) is 4.79 Å². The summed E-state index contributed by atoms with van der Waals surface area (Å²) in [6, 6.07) is 6.30. The first-order chi connectivity index (χ1) is 11.1. The summed E-state index contributed by atoms with van der Waals surface area (Å²) >= 11 is 0. The molecule has 0 bridgehead atoms. The van der Waals surface area contributed by atoms with Crippen LogP contribution >= 0.6 is 0 Å². The summed E-state index contributed by atoms with van der Waals surface area (Å²) in [5.41, 5.74) is 4.16. The van der Waals surface area contributed by atoms with E-state index in [1.165, 1.54) is 5.56 Å². The molecule has 1 saturated heterocycles. The van der Waals surface area contributed by atoms with Crippen LogP contribution in [0.2, 0.25) is 0 Å². The molecule has 1 amide bonds. The van der Waals surface area contributed by atoms with Crippen molar-refractivity contribution in [2.45, 2.75) is 39.3 Å². The fourth-order valence-corrected chi connectivity index (χ4v) is 3.47. The Balaban J connectivity index is 1.67. The van der Waals surface area contributed by atoms with Crippen molar-refractivity contribution in [3.8, 4) is 5.88 Å². The zero-order valence-corrected chi connectivity index (χ0v) is 13.5. The highest BCUT2D eigenvalue weighted by atomic mass is 16.6. The van der Waals surface area contributed by atoms with Crippen LogP contribution in [-0.4, -0.2) is 35.2 Å². The van der Waals surface area contributed by atoms with Crippen molar-refractivity contribution in [1.82, 2.24) is 9.88 Å². The molecule has 1 aromatic heterocycles. The van der Waals surface area contributed by atoms with Crippen LogP contribution < -0.4 is 4.74 Å². The van der Waals surface area contributed by atoms with Gasteiger partial charge in [0.2, 0.25) is 5.88 Å². The van der Waals surface area contributed by atoms with Gasteiger partial charge in [0.05, 0.1) is 24.7 Å². The van der Waals surface area contributed by atoms with Crippen molar-refractivity contribution in [2.24, 2.45) is 0 Å². The van der Waals surface area contributed by atoms with E-state index in [-0.39, 0.29) is 12.2 Å². The molecule has 120 valence electrons. The number of ether oxygens (including phenoxy) is 2. The van der Waals surface area contributed by atoms with E-state index in [2.05, 4.69) is 30.1 Å². The number of fused-ring (bicyclic) bond motifs is 2. The topological polar surface area (TPSA) is 51.7 Å². The minimum atomic E-state index is -0.329. The quantitative estimate of drug-likeness (QED) is 0.853. The van der Waals surface area contributed by atoms with Crippen LogP contribution in [-0.2, 0) is 11.3 Å². The number of carbonyl (C=O) groups excluding carboxylic acids is 1. The van der Waals surface area contributed by atoms with Crippen molar-refractivity contribution in [2.75, 3.05) is 13.2 Å². The third kappa shape index (κ3) is 2.65. The largest absolute Gasteiger partial charge is 0.416 e. The molecule has 1 unspecified atom stereocenters. The highest BCUT2D eigenvalue weighted by Gasteiger charge is 2.30. The van der Waals surface area contributed by atoms with Crippen LogP contribution in [0.5, 0.6) is 5.88 Å². The molecule has 5 nitrogen and oxygen atoms in total. The van der Waals surface area contributed by atoms with Crippen LogP contribution in [0.3, 0.4) is 0 Å². The minimum Gasteiger partial charge on any atom is -0.391 e. The second-order valence-corrected chi connectivity index (χ2v) is 6.49. The molecule has 4 rings (SSSR count). The normalized spacial score (nSPS) is 20.7. The average Bonchev–Trinajstić information content (AvgIpc) is 3.00. The molecular weight excluding hydrogens is 292 g/mol. The van der Waals surface area contributed by atoms with Gasteiger partial charge in [-0.3, -0.25) is 0 Å². The number of aryl methyl sites for hydroxylation is 2. The lowest BCUT2D eigenvalue weighted by Gasteiger charge is -2.29. The van der Waals surface area contributed by atoms with Gasteiger partial charge >= 0.3 is 6.09 Å². The Hall–Kier alpha value is -2.14. The molecule has 0 spiro atoms. The van der Waals surface area contributed by atoms with E-state index in [0.717, 1.165) is 41.5 Å². The number of hydrogen-bond acceptors (Lipinski definition) is 4. The van der Waals surface area contributed by atoms with Gasteiger partial charge in [0.25, 0.3) is 0 Å². The number of nitrogens with zero attached hydrogens (tertiary/aromatic N) is 2. The zero-order valence-electron chi connectivity index (χ0n) is 13.5. The van der Waals surface area contributed by atoms with Gasteiger partial charge < -0.3 is 14.4 Å². The molecular formula is C18H20N2O3. The summed E-state index contributed by atoms with van der Waals surface area (Å²) in [4.78, 5) is 18.5. The minimum absolute atomic E-state index is 0.127. The van der Waals surface area contributed by atoms with Gasteiger partial charge in [0.15, 0.2) is 0 Å². The Bertz CT molecular complexity index is 781. The first kappa shape index (κ1) is 14.5. The number of hydrogen-bond donors (Lipinski definition) is 0. The third-order valence-corrected chi connectivity index (χ3v) is 4.54. The number of amides is 1. The molecule has 1 aromatic carbocycles. The summed E-state index contributed by atoms with van der Waals surface area (Å²) in [6.45, 7) is 6.01. The number of rotatable bonds is 2. The van der Waals surface area contributed by atoms with E-state index in [1.807, 2.05) is 6.92 Å². The summed E-state index contributed by atoms with van der Waals surface area (Å²) in [6.07, 6.45) is 1.87. The van der Waals surface area contributed by atoms with E-state index in [1.54, 1.807) is 4.90 Å². The van der Waals surface area contributed by atoms with Crippen molar-refractivity contribution >= 4 is 17.0 Å². The number of benzene rings is 1. The Morgan fingerprint density at radius 1 is 1.30 bits per heavy atom. The molecule has 2 aromatic rings. The molecule has 5 heteroatoms. The molecule has 1 atom stereocenters. The monoisotopic (exact) mass is 312 g/mol. The van der Waals surface area contributed by atoms with Crippen molar-refractivity contribution < 1.29 is 14.3 Å². The molecule has 1 fully saturated rings. The molecule has 3 heterocycles. The maximum absolute atomic E-state index is 12.2. The third-order valence-electron chi connectivity index (χ3n) is 4.54. The van der Waals surface area contributed by atoms with E-state index >= 15 is 0 Å². The van der Waals surface area contributed by atoms with Crippen molar-refractivity contribution in [1.29, 1.82) is 0 Å². The molecule has 0 N–H and O–H groups in total. The van der Waals surface area contributed by atoms with Crippen LogP contribution in [0.1, 0.15) is 29.5 Å². The van der Waals surface area contributed by atoms with Crippen LogP contribution in [0.25, 0.3) is 10.9 Å². The molecule has 0 saturated carbocycles. The summed E-state index contributed by atoms with van der Waals surface area (Å²) in [7, 11) is 0. The van der Waals surface area contributed by atoms with Gasteiger partial charge in [0, 0.05) is 17.6 Å². The predicted octanol–water partition coefficient (Wildman–Crippen LogP) is 3.35. The van der Waals surface area contributed by atoms with Gasteiger partial charge in [-0.1, -0.05) is 11.6 Å². The van der Waals surface area contributed by atoms with Gasteiger partial charge in [-0.05, 0) is 44.4 Å². The second-order valence-electron chi connectivity index (χ2n) is 6.49. The maximum atomic E-state index is 12.2. The standard InChI is InChI=1S/C18H20N2O3/c1-11-6-12(2)16-13(7-11)8-14-9-20(10-15-4-3-5-22-15)18(21)23-17(14)19-16/h6-8,15H,3-5,9-10H2,1-2H3. The van der Waals surface area contributed by atoms with Gasteiger partial charge in [-0.2, -0.15) is 0 Å². The van der Waals surface area contributed by atoms with Crippen LogP contribution in [0.15, 0.2) is 18.2 Å². The highest BCUT2D eigenvalue weighted by Crippen LogP contribution is 2.30. The Morgan fingerprint density at radius 2 is 2.17 bits per heavy atom. The van der Waals surface area contributed by atoms with Crippen molar-refractivity contribution in [3.63, 3.8) is 0 Å². The van der Waals surface area contributed by atoms with E-state index < -0.39 is 0 Å². The predicted molar refractivity (Wildman–Crippen MR) is 86.6 cm³/mol. The SMILES string of the molecule is Cc1cc(C)c2nc3c(cc2c1)CN(CC1CCCO1)C(=O)O3. The fraction of sp³-hybridized carbons (Fsp3) is 0.444. The fourth-order valence-electron chi connectivity index (χ4n) is 3.47. The molecule has 0 radical (unpaired) electrons. The van der Waals surface area contributed by atoms with Crippen LogP contribution in [0, 0.1) is 13.8 Å². The van der Waals surface area contributed by atoms with Gasteiger partial charge in [-0.25, -0.2) is 9.78 Å². The zero-order chi connectivity index (χ0) is 16.0. The van der Waals surface area contributed by atoms with Gasteiger partial charge in [0.1, 0.15) is 0 Å². The second kappa shape index (κ2) is 5.49. The van der Waals surface area contributed by atoms with Crippen LogP contribution in [0.4, 0.5) is 4.79 Å². The molecule has 0 aliphatic carbocycles. The number of pyridine rings is 1. The van der Waals surface area contributed by atoms with E-state index in [0.29, 0.717) is 19.0 Å². The number of carbonyl (C=O) groups is 1. The molecule has 2 aliphatic rings. The smallest absolute Gasteiger partial charge is 0.391 e. The average molecular weight is 312 g/mol. The summed E-state index contributed by atoms with van der Waals surface area (Å²) in [5, 5.41) is 1.09. The first-order valence-electron chi connectivity index (χ1n) is 8.09. The number of aromatic nitrogens is 1. The van der Waals surface area contributed by atoms with Gasteiger partial charge in [-0.15, -0.1) is 0 Å². The molecule has 2 aliphatic heterocycles. The summed E-state index contributed by atoms with van der Waals surface area (Å²) < 4.78 is 11.1. The lowest BCUT2D eigenvalue weighted by atomic mass is 10.0. The first-order valence-corrected chi connectivity index (χ1v) is 8.09. The van der Waals surface area contributed by atoms with E-state index in [4.69, 9.17) is 9.47 Å². The lowest BCUT2D eigenvalue weighted by Crippen LogP contribution is -2.41. The summed E-state index contributed by atoms with van der Waals surface area (Å²) in [5.74, 6) is 0.443. The van der Waals surface area contributed by atoms with Crippen molar-refractivity contribution in [3.05, 3.63) is 34.9 Å². The molecule has 23 heavy (non-hydrogen) atoms. The Morgan fingerprint density at radius 3 is 2.96 bits per heavy atom. The highest BCUT2D eigenvalue weighted by molar-refractivity contribution is 5.85. The Labute approximate surface area is 135 Å². The Kier molecular flexibility index (Phi) is 3.45.